The molecule has 0 aromatic carbocycles. The second kappa shape index (κ2) is 18.0. The Balaban J connectivity index is 2.48. The lowest BCUT2D eigenvalue weighted by Crippen LogP contribution is -2.57. The maximum Gasteiger partial charge on any atom is 0.329 e. The van der Waals surface area contributed by atoms with Crippen molar-refractivity contribution in [1.29, 1.82) is 0 Å². The third-order valence-electron chi connectivity index (χ3n) is 9.78. The fourth-order valence-electron chi connectivity index (χ4n) is 6.27. The first-order valence-electron chi connectivity index (χ1n) is 18.0. The molecule has 0 aliphatic carbocycles. The van der Waals surface area contributed by atoms with Gasteiger partial charge in [0.15, 0.2) is 0 Å². The number of rotatable bonds is 3. The quantitative estimate of drug-likeness (QED) is 0.340. The number of allylic oxidation sites excluding steroid dienone is 1. The number of cyclic esters (lactones) is 1. The minimum Gasteiger partial charge on any atom is -0.456 e. The first-order valence-corrected chi connectivity index (χ1v) is 18.0. The van der Waals surface area contributed by atoms with Gasteiger partial charge in [0, 0.05) is 32.0 Å². The van der Waals surface area contributed by atoms with Gasteiger partial charge in [0.1, 0.15) is 30.3 Å². The average Bonchev–Trinajstić information content (AvgIpc) is 3.51. The molecule has 0 spiro atoms. The number of ether oxygens (including phenoxy) is 1. The molecule has 2 heterocycles. The standard InChI is InChI=1S/C37H63N5O7/c1-22(2)19-28-36(48)49-29(37(8,9)10)20-24(5)15-13-16-25(6)34(46)42-18-14-17-27(42)32(44)39-31(23(3)4)33(45)38-21-30(43)40(11)26(7)35(47)41(28)12/h20,22-23,25-29,31H,13-19,21H2,1-12H3,(H,38,45)(H,39,44)/b24-20-/t25-,26+,27+,28+,29+,31+/m1/s1. The van der Waals surface area contributed by atoms with Crippen molar-refractivity contribution in [2.45, 2.75) is 138 Å². The van der Waals surface area contributed by atoms with Gasteiger partial charge in [-0.15, -0.1) is 0 Å². The van der Waals surface area contributed by atoms with Gasteiger partial charge in [-0.2, -0.15) is 0 Å². The van der Waals surface area contributed by atoms with E-state index in [0.29, 0.717) is 38.6 Å². The van der Waals surface area contributed by atoms with E-state index in [1.165, 1.54) is 16.8 Å². The molecule has 0 saturated carbocycles. The Labute approximate surface area is 294 Å². The molecular weight excluding hydrogens is 626 g/mol. The van der Waals surface area contributed by atoms with E-state index >= 15 is 0 Å². The third kappa shape index (κ3) is 11.6. The van der Waals surface area contributed by atoms with E-state index in [9.17, 15) is 28.8 Å². The lowest BCUT2D eigenvalue weighted by Gasteiger charge is -2.35. The van der Waals surface area contributed by atoms with Crippen molar-refractivity contribution < 1.29 is 33.5 Å². The Morgan fingerprint density at radius 3 is 2.10 bits per heavy atom. The van der Waals surface area contributed by atoms with Crippen LogP contribution in [0.5, 0.6) is 0 Å². The fourth-order valence-corrected chi connectivity index (χ4v) is 6.27. The van der Waals surface area contributed by atoms with E-state index in [0.717, 1.165) is 12.0 Å². The van der Waals surface area contributed by atoms with Gasteiger partial charge < -0.3 is 30.1 Å². The number of hydrogen-bond acceptors (Lipinski definition) is 7. The Bertz CT molecular complexity index is 1240. The summed E-state index contributed by atoms with van der Waals surface area (Å²) in [5.74, 6) is -2.98. The number of esters is 1. The van der Waals surface area contributed by atoms with Crippen LogP contribution in [0.3, 0.4) is 0 Å². The first-order chi connectivity index (χ1) is 22.7. The van der Waals surface area contributed by atoms with Crippen LogP contribution in [0, 0.1) is 23.2 Å². The van der Waals surface area contributed by atoms with Crippen molar-refractivity contribution >= 4 is 35.5 Å². The zero-order valence-electron chi connectivity index (χ0n) is 32.1. The molecule has 49 heavy (non-hydrogen) atoms. The summed E-state index contributed by atoms with van der Waals surface area (Å²) in [4.78, 5) is 85.2. The maximum absolute atomic E-state index is 13.8. The molecule has 5 amide bonds. The van der Waals surface area contributed by atoms with Crippen molar-refractivity contribution in [3.05, 3.63) is 11.6 Å². The predicted molar refractivity (Wildman–Crippen MR) is 189 cm³/mol. The molecule has 0 aromatic heterocycles. The van der Waals surface area contributed by atoms with Gasteiger partial charge in [-0.1, -0.05) is 61.0 Å². The lowest BCUT2D eigenvalue weighted by atomic mass is 9.87. The number of carbonyl (C=O) groups excluding carboxylic acids is 6. The Hall–Kier alpha value is -3.44. The van der Waals surface area contributed by atoms with Crippen LogP contribution < -0.4 is 10.6 Å². The van der Waals surface area contributed by atoms with Gasteiger partial charge >= 0.3 is 5.97 Å². The summed E-state index contributed by atoms with van der Waals surface area (Å²) in [5.41, 5.74) is 0.595. The van der Waals surface area contributed by atoms with Gasteiger partial charge in [-0.25, -0.2) is 4.79 Å². The molecule has 278 valence electrons. The van der Waals surface area contributed by atoms with Crippen LogP contribution >= 0.6 is 0 Å². The van der Waals surface area contributed by atoms with Crippen molar-refractivity contribution in [2.75, 3.05) is 27.2 Å². The van der Waals surface area contributed by atoms with Crippen molar-refractivity contribution in [2.24, 2.45) is 23.2 Å². The van der Waals surface area contributed by atoms with Gasteiger partial charge in [0.25, 0.3) is 0 Å². The summed E-state index contributed by atoms with van der Waals surface area (Å²) in [6.07, 6.45) is 5.02. The molecule has 2 aliphatic heterocycles. The summed E-state index contributed by atoms with van der Waals surface area (Å²) in [6.45, 7) is 19.0. The average molecular weight is 690 g/mol. The minimum absolute atomic E-state index is 0.0739. The van der Waals surface area contributed by atoms with E-state index in [1.807, 2.05) is 54.5 Å². The molecular formula is C37H63N5O7. The van der Waals surface area contributed by atoms with Gasteiger partial charge in [-0.3, -0.25) is 24.0 Å². The SMILES string of the molecule is C/C1=C/[C@@H](C(C)(C)C)OC(=O)[C@H](CC(C)C)N(C)C(=O)[C@H](C)N(C)C(=O)CNC(=O)[C@H](C(C)C)NC(=O)[C@@H]2CCCN2C(=O)[C@H](C)CCC1. The molecule has 0 bridgehead atoms. The van der Waals surface area contributed by atoms with E-state index in [4.69, 9.17) is 4.74 Å². The Morgan fingerprint density at radius 1 is 0.898 bits per heavy atom. The van der Waals surface area contributed by atoms with Crippen LogP contribution in [0.4, 0.5) is 0 Å². The number of hydrogen-bond donors (Lipinski definition) is 2. The highest BCUT2D eigenvalue weighted by Crippen LogP contribution is 2.28. The third-order valence-corrected chi connectivity index (χ3v) is 9.78. The van der Waals surface area contributed by atoms with Crippen LogP contribution in [-0.2, 0) is 33.5 Å². The Morgan fingerprint density at radius 2 is 1.53 bits per heavy atom. The second-order valence-electron chi connectivity index (χ2n) is 15.9. The molecule has 12 heteroatoms. The lowest BCUT2D eigenvalue weighted by molar-refractivity contribution is -0.162. The number of carbonyl (C=O) groups is 6. The molecule has 12 nitrogen and oxygen atoms in total. The molecule has 6 atom stereocenters. The summed E-state index contributed by atoms with van der Waals surface area (Å²) >= 11 is 0. The highest BCUT2D eigenvalue weighted by atomic mass is 16.5. The van der Waals surface area contributed by atoms with E-state index in [-0.39, 0.29) is 29.6 Å². The minimum atomic E-state index is -0.933. The zero-order chi connectivity index (χ0) is 37.4. The van der Waals surface area contributed by atoms with Gasteiger partial charge in [-0.05, 0) is 70.3 Å². The summed E-state index contributed by atoms with van der Waals surface area (Å²) in [6, 6.07) is -3.41. The monoisotopic (exact) mass is 689 g/mol. The van der Waals surface area contributed by atoms with Crippen LogP contribution in [0.2, 0.25) is 0 Å². The van der Waals surface area contributed by atoms with Gasteiger partial charge in [0.2, 0.25) is 29.5 Å². The summed E-state index contributed by atoms with van der Waals surface area (Å²) in [5, 5.41) is 5.46. The fraction of sp³-hybridized carbons (Fsp3) is 0.784. The van der Waals surface area contributed by atoms with Crippen LogP contribution in [0.1, 0.15) is 108 Å². The molecule has 0 radical (unpaired) electrons. The first kappa shape index (κ1) is 41.7. The van der Waals surface area contributed by atoms with Crippen molar-refractivity contribution in [1.82, 2.24) is 25.3 Å². The molecule has 2 rings (SSSR count). The number of amides is 5. The molecule has 2 N–H and O–H groups in total. The molecule has 1 saturated heterocycles. The van der Waals surface area contributed by atoms with Gasteiger partial charge in [0.05, 0.1) is 6.54 Å². The highest BCUT2D eigenvalue weighted by molar-refractivity contribution is 5.95. The largest absolute Gasteiger partial charge is 0.456 e. The van der Waals surface area contributed by atoms with Crippen LogP contribution in [0.25, 0.3) is 0 Å². The summed E-state index contributed by atoms with van der Waals surface area (Å²) in [7, 11) is 3.02. The number of fused-ring (bicyclic) bond motifs is 1. The van der Waals surface area contributed by atoms with Crippen molar-refractivity contribution in [3.63, 3.8) is 0 Å². The second-order valence-corrected chi connectivity index (χ2v) is 15.9. The molecule has 0 aromatic rings. The van der Waals surface area contributed by atoms with Crippen LogP contribution in [-0.4, -0.2) is 108 Å². The molecule has 1 fully saturated rings. The molecule has 0 unspecified atom stereocenters. The summed E-state index contributed by atoms with van der Waals surface area (Å²) < 4.78 is 6.14. The maximum atomic E-state index is 13.8. The van der Waals surface area contributed by atoms with Crippen LogP contribution in [0.15, 0.2) is 11.6 Å². The Kier molecular flexibility index (Phi) is 15.3. The van der Waals surface area contributed by atoms with E-state index in [1.54, 1.807) is 32.7 Å². The normalized spacial score (nSPS) is 29.7. The van der Waals surface area contributed by atoms with Crippen molar-refractivity contribution in [3.8, 4) is 0 Å². The zero-order valence-corrected chi connectivity index (χ0v) is 32.1. The predicted octanol–water partition coefficient (Wildman–Crippen LogP) is 3.68. The van der Waals surface area contributed by atoms with E-state index < -0.39 is 65.9 Å². The topological polar surface area (TPSA) is 145 Å². The molecule has 2 aliphatic rings. The highest BCUT2D eigenvalue weighted by Gasteiger charge is 2.39. The van der Waals surface area contributed by atoms with E-state index in [2.05, 4.69) is 10.6 Å². The number of nitrogens with zero attached hydrogens (tertiary/aromatic N) is 3. The number of nitrogens with one attached hydrogen (secondary N) is 2. The smallest absolute Gasteiger partial charge is 0.329 e. The number of likely N-dealkylation sites (N-methyl/N-ethyl adjacent to an activating group) is 2.